The molecule has 0 saturated heterocycles. The summed E-state index contributed by atoms with van der Waals surface area (Å²) >= 11 is 1.36. The number of para-hydroxylation sites is 1. The van der Waals surface area contributed by atoms with E-state index in [9.17, 15) is 4.79 Å². The molecule has 4 aromatic rings. The number of pyridine rings is 1. The Kier molecular flexibility index (Phi) is 3.09. The summed E-state index contributed by atoms with van der Waals surface area (Å²) in [6.07, 6.45) is 1.75. The third-order valence-electron chi connectivity index (χ3n) is 3.65. The van der Waals surface area contributed by atoms with Gasteiger partial charge in [0.2, 0.25) is 0 Å². The molecule has 7 heteroatoms. The molecule has 0 unspecified atom stereocenters. The Morgan fingerprint density at radius 3 is 2.65 bits per heavy atom. The number of rotatable bonds is 2. The fourth-order valence-electron chi connectivity index (χ4n) is 2.57. The van der Waals surface area contributed by atoms with E-state index in [0.717, 1.165) is 15.9 Å². The summed E-state index contributed by atoms with van der Waals surface area (Å²) in [5.74, 6) is 0. The Morgan fingerprint density at radius 2 is 1.91 bits per heavy atom. The van der Waals surface area contributed by atoms with Gasteiger partial charge in [-0.3, -0.25) is 4.79 Å². The van der Waals surface area contributed by atoms with Crippen LogP contribution in [0.3, 0.4) is 0 Å². The van der Waals surface area contributed by atoms with E-state index in [0.29, 0.717) is 15.9 Å². The molecule has 0 fully saturated rings. The molecule has 114 valence electrons. The van der Waals surface area contributed by atoms with E-state index in [1.165, 1.54) is 16.0 Å². The number of hydrogen-bond acceptors (Lipinski definition) is 6. The van der Waals surface area contributed by atoms with E-state index < -0.39 is 0 Å². The number of nitrogens with zero attached hydrogens (tertiary/aromatic N) is 5. The second-order valence-electron chi connectivity index (χ2n) is 5.33. The van der Waals surface area contributed by atoms with Crippen LogP contribution in [0.25, 0.3) is 26.1 Å². The van der Waals surface area contributed by atoms with Gasteiger partial charge in [0.15, 0.2) is 0 Å². The van der Waals surface area contributed by atoms with Crippen LogP contribution < -0.4 is 10.5 Å². The predicted octanol–water partition coefficient (Wildman–Crippen LogP) is 2.46. The standard InChI is InChI=1S/C16H13N5OS/c1-20(2)11-8-9-17-15-12(11)13-14(23-15)16(22)21(19-18-13)10-6-4-3-5-7-10/h3-9H,1-2H3. The van der Waals surface area contributed by atoms with Crippen LogP contribution in [0.4, 0.5) is 5.69 Å². The van der Waals surface area contributed by atoms with Crippen molar-refractivity contribution in [3.63, 3.8) is 0 Å². The Bertz CT molecular complexity index is 1070. The van der Waals surface area contributed by atoms with Crippen LogP contribution in [0.2, 0.25) is 0 Å². The molecule has 0 aliphatic heterocycles. The second kappa shape index (κ2) is 5.13. The molecule has 0 atom stereocenters. The highest BCUT2D eigenvalue weighted by Gasteiger charge is 2.17. The smallest absolute Gasteiger partial charge is 0.292 e. The van der Waals surface area contributed by atoms with Crippen molar-refractivity contribution < 1.29 is 0 Å². The fourth-order valence-corrected chi connectivity index (χ4v) is 3.59. The van der Waals surface area contributed by atoms with Crippen molar-refractivity contribution >= 4 is 37.5 Å². The van der Waals surface area contributed by atoms with Crippen molar-refractivity contribution in [1.29, 1.82) is 0 Å². The van der Waals surface area contributed by atoms with Crippen molar-refractivity contribution in [2.45, 2.75) is 0 Å². The molecule has 0 bridgehead atoms. The average Bonchev–Trinajstić information content (AvgIpc) is 2.95. The normalized spacial score (nSPS) is 11.2. The molecule has 0 aliphatic carbocycles. The number of benzene rings is 1. The van der Waals surface area contributed by atoms with E-state index >= 15 is 0 Å². The Labute approximate surface area is 135 Å². The molecule has 0 aliphatic rings. The number of thiophene rings is 1. The number of hydrogen-bond donors (Lipinski definition) is 0. The molecule has 0 amide bonds. The molecule has 0 radical (unpaired) electrons. The molecule has 4 rings (SSSR count). The molecule has 0 saturated carbocycles. The Morgan fingerprint density at radius 1 is 1.13 bits per heavy atom. The first-order valence-corrected chi connectivity index (χ1v) is 7.88. The van der Waals surface area contributed by atoms with Crippen molar-refractivity contribution in [3.05, 3.63) is 52.9 Å². The van der Waals surface area contributed by atoms with Crippen LogP contribution in [-0.4, -0.2) is 34.1 Å². The Hall–Kier alpha value is -2.80. The highest BCUT2D eigenvalue weighted by molar-refractivity contribution is 7.25. The predicted molar refractivity (Wildman–Crippen MR) is 92.6 cm³/mol. The van der Waals surface area contributed by atoms with Crippen molar-refractivity contribution in [1.82, 2.24) is 20.0 Å². The number of aromatic nitrogens is 4. The second-order valence-corrected chi connectivity index (χ2v) is 6.33. The lowest BCUT2D eigenvalue weighted by Gasteiger charge is -2.12. The van der Waals surface area contributed by atoms with Gasteiger partial charge in [0.1, 0.15) is 15.0 Å². The van der Waals surface area contributed by atoms with Crippen LogP contribution in [0, 0.1) is 0 Å². The van der Waals surface area contributed by atoms with Gasteiger partial charge in [0, 0.05) is 20.3 Å². The molecule has 0 spiro atoms. The topological polar surface area (TPSA) is 63.9 Å². The molecule has 23 heavy (non-hydrogen) atoms. The highest BCUT2D eigenvalue weighted by Crippen LogP contribution is 2.34. The van der Waals surface area contributed by atoms with Crippen molar-refractivity contribution in [3.8, 4) is 5.69 Å². The van der Waals surface area contributed by atoms with Gasteiger partial charge in [0.05, 0.1) is 16.8 Å². The van der Waals surface area contributed by atoms with Gasteiger partial charge >= 0.3 is 0 Å². The SMILES string of the molecule is CN(C)c1ccnc2sc3c(=O)n(-c4ccccc4)nnc3c12. The molecular weight excluding hydrogens is 310 g/mol. The van der Waals surface area contributed by atoms with Gasteiger partial charge in [-0.05, 0) is 18.2 Å². The highest BCUT2D eigenvalue weighted by atomic mass is 32.1. The first-order valence-electron chi connectivity index (χ1n) is 7.07. The zero-order valence-corrected chi connectivity index (χ0v) is 13.4. The van der Waals surface area contributed by atoms with Gasteiger partial charge < -0.3 is 4.90 Å². The van der Waals surface area contributed by atoms with Crippen molar-refractivity contribution in [2.75, 3.05) is 19.0 Å². The maximum absolute atomic E-state index is 12.8. The van der Waals surface area contributed by atoms with Crippen LogP contribution in [0.5, 0.6) is 0 Å². The van der Waals surface area contributed by atoms with Gasteiger partial charge in [-0.25, -0.2) is 4.98 Å². The van der Waals surface area contributed by atoms with Crippen molar-refractivity contribution in [2.24, 2.45) is 0 Å². The summed E-state index contributed by atoms with van der Waals surface area (Å²) in [5.41, 5.74) is 2.12. The third-order valence-corrected chi connectivity index (χ3v) is 4.72. The summed E-state index contributed by atoms with van der Waals surface area (Å²) in [4.78, 5) is 20.0. The first-order chi connectivity index (χ1) is 11.2. The quantitative estimate of drug-likeness (QED) is 0.567. The summed E-state index contributed by atoms with van der Waals surface area (Å²) in [6, 6.07) is 11.2. The minimum Gasteiger partial charge on any atom is -0.377 e. The van der Waals surface area contributed by atoms with Crippen LogP contribution in [0.15, 0.2) is 47.4 Å². The molecule has 3 aromatic heterocycles. The maximum atomic E-state index is 12.8. The molecule has 6 nitrogen and oxygen atoms in total. The lowest BCUT2D eigenvalue weighted by Crippen LogP contribution is -2.21. The van der Waals surface area contributed by atoms with E-state index in [4.69, 9.17) is 0 Å². The zero-order chi connectivity index (χ0) is 16.0. The third kappa shape index (κ3) is 2.08. The molecule has 1 aromatic carbocycles. The molecule has 3 heterocycles. The minimum absolute atomic E-state index is 0.172. The van der Waals surface area contributed by atoms with Gasteiger partial charge in [0.25, 0.3) is 5.56 Å². The summed E-state index contributed by atoms with van der Waals surface area (Å²) in [7, 11) is 3.91. The number of fused-ring (bicyclic) bond motifs is 3. The average molecular weight is 323 g/mol. The number of anilines is 1. The van der Waals surface area contributed by atoms with Crippen LogP contribution >= 0.6 is 11.3 Å². The largest absolute Gasteiger partial charge is 0.377 e. The van der Waals surface area contributed by atoms with Gasteiger partial charge in [-0.1, -0.05) is 23.4 Å². The monoisotopic (exact) mass is 323 g/mol. The summed E-state index contributed by atoms with van der Waals surface area (Å²) in [6.45, 7) is 0. The van der Waals surface area contributed by atoms with Crippen LogP contribution in [0.1, 0.15) is 0 Å². The van der Waals surface area contributed by atoms with E-state index in [1.807, 2.05) is 55.4 Å². The minimum atomic E-state index is -0.172. The summed E-state index contributed by atoms with van der Waals surface area (Å²) in [5, 5.41) is 9.30. The summed E-state index contributed by atoms with van der Waals surface area (Å²) < 4.78 is 1.90. The maximum Gasteiger partial charge on any atom is 0.292 e. The lowest BCUT2D eigenvalue weighted by atomic mass is 10.2. The van der Waals surface area contributed by atoms with Crippen LogP contribution in [-0.2, 0) is 0 Å². The molecular formula is C16H13N5OS. The fraction of sp³-hybridized carbons (Fsp3) is 0.125. The van der Waals surface area contributed by atoms with E-state index in [2.05, 4.69) is 15.3 Å². The van der Waals surface area contributed by atoms with Gasteiger partial charge in [-0.2, -0.15) is 4.68 Å². The van der Waals surface area contributed by atoms with E-state index in [-0.39, 0.29) is 5.56 Å². The zero-order valence-electron chi connectivity index (χ0n) is 12.6. The lowest BCUT2D eigenvalue weighted by molar-refractivity contribution is 0.740. The first kappa shape index (κ1) is 13.8. The molecule has 0 N–H and O–H groups in total. The van der Waals surface area contributed by atoms with Gasteiger partial charge in [-0.15, -0.1) is 16.4 Å². The Balaban J connectivity index is 2.08. The van der Waals surface area contributed by atoms with E-state index in [1.54, 1.807) is 6.20 Å².